The smallest absolute Gasteiger partial charge is 0.262 e. The second-order valence-corrected chi connectivity index (χ2v) is 8.12. The van der Waals surface area contributed by atoms with Gasteiger partial charge in [-0.1, -0.05) is 17.7 Å². The predicted molar refractivity (Wildman–Crippen MR) is 99.2 cm³/mol. The van der Waals surface area contributed by atoms with E-state index < -0.39 is 10.0 Å². The minimum absolute atomic E-state index is 0.327. The fourth-order valence-corrected chi connectivity index (χ4v) is 4.49. The van der Waals surface area contributed by atoms with E-state index in [9.17, 15) is 8.42 Å². The summed E-state index contributed by atoms with van der Waals surface area (Å²) in [4.78, 5) is 2.68. The van der Waals surface area contributed by atoms with Crippen LogP contribution in [0.2, 0.25) is 0 Å². The Morgan fingerprint density at radius 3 is 2.21 bits per heavy atom. The second-order valence-electron chi connectivity index (χ2n) is 6.47. The molecule has 1 aliphatic heterocycles. The molecule has 2 aromatic carbocycles. The van der Waals surface area contributed by atoms with Crippen LogP contribution in [0.4, 0.5) is 11.4 Å². The van der Waals surface area contributed by atoms with Crippen molar-refractivity contribution in [1.82, 2.24) is 0 Å². The van der Waals surface area contributed by atoms with Crippen molar-refractivity contribution >= 4 is 21.4 Å². The summed E-state index contributed by atoms with van der Waals surface area (Å²) in [6, 6.07) is 13.0. The molecule has 1 saturated heterocycles. The highest BCUT2D eigenvalue weighted by atomic mass is 32.2. The summed E-state index contributed by atoms with van der Waals surface area (Å²) < 4.78 is 27.9. The zero-order valence-corrected chi connectivity index (χ0v) is 15.1. The van der Waals surface area contributed by atoms with Gasteiger partial charge in [-0.05, 0) is 69.0 Å². The van der Waals surface area contributed by atoms with Gasteiger partial charge in [0, 0.05) is 24.5 Å². The highest BCUT2D eigenvalue weighted by Gasteiger charge is 2.17. The molecular weight excluding hydrogens is 320 g/mol. The molecule has 4 nitrogen and oxygen atoms in total. The number of hydrogen-bond acceptors (Lipinski definition) is 3. The maximum absolute atomic E-state index is 12.6. The van der Waals surface area contributed by atoms with Crippen molar-refractivity contribution in [3.05, 3.63) is 53.6 Å². The van der Waals surface area contributed by atoms with E-state index in [1.165, 1.54) is 19.3 Å². The SMILES string of the molecule is Cc1ccc(S(=O)(=O)Nc2ccc(N3CCCCC3)cc2)c(C)c1. The molecule has 1 aliphatic rings. The minimum atomic E-state index is -3.56. The van der Waals surface area contributed by atoms with E-state index in [0.29, 0.717) is 10.6 Å². The Bertz CT molecular complexity index is 808. The van der Waals surface area contributed by atoms with Crippen molar-refractivity contribution in [2.24, 2.45) is 0 Å². The van der Waals surface area contributed by atoms with Crippen LogP contribution in [0.1, 0.15) is 30.4 Å². The molecule has 128 valence electrons. The van der Waals surface area contributed by atoms with Crippen LogP contribution in [-0.4, -0.2) is 21.5 Å². The lowest BCUT2D eigenvalue weighted by Gasteiger charge is -2.28. The summed E-state index contributed by atoms with van der Waals surface area (Å²) in [7, 11) is -3.56. The van der Waals surface area contributed by atoms with Crippen LogP contribution in [-0.2, 0) is 10.0 Å². The predicted octanol–water partition coefficient (Wildman–Crippen LogP) is 4.09. The highest BCUT2D eigenvalue weighted by molar-refractivity contribution is 7.92. The molecule has 0 unspecified atom stereocenters. The van der Waals surface area contributed by atoms with Gasteiger partial charge in [-0.3, -0.25) is 4.72 Å². The van der Waals surface area contributed by atoms with E-state index in [4.69, 9.17) is 0 Å². The van der Waals surface area contributed by atoms with Gasteiger partial charge in [0.25, 0.3) is 10.0 Å². The molecule has 0 bridgehead atoms. The molecule has 1 fully saturated rings. The average molecular weight is 344 g/mol. The lowest BCUT2D eigenvalue weighted by atomic mass is 10.1. The van der Waals surface area contributed by atoms with E-state index in [-0.39, 0.29) is 0 Å². The first-order chi connectivity index (χ1) is 11.5. The number of nitrogens with zero attached hydrogens (tertiary/aromatic N) is 1. The van der Waals surface area contributed by atoms with Gasteiger partial charge in [0.15, 0.2) is 0 Å². The Labute approximate surface area is 144 Å². The Hall–Kier alpha value is -2.01. The summed E-state index contributed by atoms with van der Waals surface area (Å²) in [5.41, 5.74) is 3.56. The lowest BCUT2D eigenvalue weighted by Crippen LogP contribution is -2.29. The van der Waals surface area contributed by atoms with Crippen LogP contribution in [0.15, 0.2) is 47.4 Å². The van der Waals surface area contributed by atoms with Gasteiger partial charge in [0.1, 0.15) is 0 Å². The molecule has 0 amide bonds. The van der Waals surface area contributed by atoms with Gasteiger partial charge < -0.3 is 4.90 Å². The van der Waals surface area contributed by atoms with Crippen molar-refractivity contribution in [3.8, 4) is 0 Å². The quantitative estimate of drug-likeness (QED) is 0.908. The first-order valence-electron chi connectivity index (χ1n) is 8.41. The van der Waals surface area contributed by atoms with Gasteiger partial charge in [-0.25, -0.2) is 8.42 Å². The fraction of sp³-hybridized carbons (Fsp3) is 0.368. The molecule has 5 heteroatoms. The molecule has 2 aromatic rings. The Kier molecular flexibility index (Phi) is 4.81. The third kappa shape index (κ3) is 3.73. The molecule has 1 N–H and O–H groups in total. The maximum atomic E-state index is 12.6. The third-order valence-electron chi connectivity index (χ3n) is 4.46. The van der Waals surface area contributed by atoms with Crippen LogP contribution in [0, 0.1) is 13.8 Å². The monoisotopic (exact) mass is 344 g/mol. The van der Waals surface area contributed by atoms with E-state index in [1.54, 1.807) is 6.07 Å². The van der Waals surface area contributed by atoms with Crippen molar-refractivity contribution in [3.63, 3.8) is 0 Å². The summed E-state index contributed by atoms with van der Waals surface area (Å²) >= 11 is 0. The van der Waals surface area contributed by atoms with E-state index in [1.807, 2.05) is 50.2 Å². The van der Waals surface area contributed by atoms with Crippen molar-refractivity contribution in [2.75, 3.05) is 22.7 Å². The average Bonchev–Trinajstić information content (AvgIpc) is 2.55. The number of aryl methyl sites for hydroxylation is 2. The van der Waals surface area contributed by atoms with Crippen LogP contribution < -0.4 is 9.62 Å². The lowest BCUT2D eigenvalue weighted by molar-refractivity contribution is 0.578. The molecule has 3 rings (SSSR count). The molecule has 1 heterocycles. The highest BCUT2D eigenvalue weighted by Crippen LogP contribution is 2.24. The largest absolute Gasteiger partial charge is 0.372 e. The van der Waals surface area contributed by atoms with Gasteiger partial charge in [0.2, 0.25) is 0 Å². The maximum Gasteiger partial charge on any atom is 0.262 e. The van der Waals surface area contributed by atoms with E-state index in [2.05, 4.69) is 9.62 Å². The molecule has 0 spiro atoms. The topological polar surface area (TPSA) is 49.4 Å². The normalized spacial score (nSPS) is 15.3. The Morgan fingerprint density at radius 1 is 0.917 bits per heavy atom. The number of rotatable bonds is 4. The number of nitrogens with one attached hydrogen (secondary N) is 1. The first-order valence-corrected chi connectivity index (χ1v) is 9.89. The van der Waals surface area contributed by atoms with E-state index in [0.717, 1.165) is 29.9 Å². The minimum Gasteiger partial charge on any atom is -0.372 e. The van der Waals surface area contributed by atoms with Gasteiger partial charge in [-0.2, -0.15) is 0 Å². The first kappa shape index (κ1) is 16.8. The van der Waals surface area contributed by atoms with Crippen molar-refractivity contribution < 1.29 is 8.42 Å². The van der Waals surface area contributed by atoms with E-state index >= 15 is 0 Å². The Morgan fingerprint density at radius 2 is 1.58 bits per heavy atom. The second kappa shape index (κ2) is 6.85. The molecule has 0 atom stereocenters. The number of hydrogen-bond donors (Lipinski definition) is 1. The van der Waals surface area contributed by atoms with Gasteiger partial charge >= 0.3 is 0 Å². The number of sulfonamides is 1. The molecular formula is C19H24N2O2S. The Balaban J connectivity index is 1.77. The van der Waals surface area contributed by atoms with Crippen LogP contribution in [0.25, 0.3) is 0 Å². The third-order valence-corrected chi connectivity index (χ3v) is 6.00. The molecule has 24 heavy (non-hydrogen) atoms. The number of piperidine rings is 1. The number of benzene rings is 2. The van der Waals surface area contributed by atoms with Crippen molar-refractivity contribution in [2.45, 2.75) is 38.0 Å². The fourth-order valence-electron chi connectivity index (χ4n) is 3.20. The van der Waals surface area contributed by atoms with Gasteiger partial charge in [0.05, 0.1) is 4.90 Å². The van der Waals surface area contributed by atoms with Gasteiger partial charge in [-0.15, -0.1) is 0 Å². The molecule has 0 saturated carbocycles. The molecule has 0 radical (unpaired) electrons. The zero-order valence-electron chi connectivity index (χ0n) is 14.2. The van der Waals surface area contributed by atoms with Crippen LogP contribution in [0.5, 0.6) is 0 Å². The van der Waals surface area contributed by atoms with Crippen LogP contribution in [0.3, 0.4) is 0 Å². The molecule has 0 aromatic heterocycles. The zero-order chi connectivity index (χ0) is 17.2. The standard InChI is InChI=1S/C19H24N2O2S/c1-15-6-11-19(16(2)14-15)24(22,23)20-17-7-9-18(10-8-17)21-12-4-3-5-13-21/h6-11,14,20H,3-5,12-13H2,1-2H3. The summed E-state index contributed by atoms with van der Waals surface area (Å²) in [5.74, 6) is 0. The molecule has 0 aliphatic carbocycles. The summed E-state index contributed by atoms with van der Waals surface area (Å²) in [6.45, 7) is 5.93. The summed E-state index contributed by atoms with van der Waals surface area (Å²) in [6.07, 6.45) is 3.74. The number of anilines is 2. The van der Waals surface area contributed by atoms with Crippen molar-refractivity contribution in [1.29, 1.82) is 0 Å². The summed E-state index contributed by atoms with van der Waals surface area (Å²) in [5, 5.41) is 0. The van der Waals surface area contributed by atoms with Crippen LogP contribution >= 0.6 is 0 Å².